The number of pyridine rings is 3. The summed E-state index contributed by atoms with van der Waals surface area (Å²) in [5, 5.41) is 7.96. The Hall–Kier alpha value is -4.37. The molecule has 3 nitrogen and oxygen atoms in total. The van der Waals surface area contributed by atoms with Crippen LogP contribution in [0.2, 0.25) is 0 Å². The largest absolute Gasteiger partial charge is 0.254 e. The molecular weight excluding hydrogens is 390 g/mol. The zero-order valence-corrected chi connectivity index (χ0v) is 17.2. The first-order valence-corrected chi connectivity index (χ1v) is 10.7. The number of aromatic nitrogens is 3. The third-order valence-corrected chi connectivity index (χ3v) is 6.25. The minimum atomic E-state index is 0.748. The molecule has 3 heterocycles. The fourth-order valence-electron chi connectivity index (χ4n) is 4.70. The van der Waals surface area contributed by atoms with Crippen molar-refractivity contribution in [3.05, 3.63) is 103 Å². The van der Waals surface area contributed by atoms with Gasteiger partial charge in [0.25, 0.3) is 0 Å². The summed E-state index contributed by atoms with van der Waals surface area (Å²) < 4.78 is 0. The minimum absolute atomic E-state index is 0.748. The zero-order valence-electron chi connectivity index (χ0n) is 17.2. The number of hydrogen-bond acceptors (Lipinski definition) is 3. The lowest BCUT2D eigenvalue weighted by molar-refractivity contribution is 1.34. The van der Waals surface area contributed by atoms with Crippen LogP contribution in [0.4, 0.5) is 0 Å². The van der Waals surface area contributed by atoms with Crippen molar-refractivity contribution in [1.29, 1.82) is 0 Å². The molecule has 0 saturated heterocycles. The van der Waals surface area contributed by atoms with Crippen molar-refractivity contribution in [2.45, 2.75) is 0 Å². The highest BCUT2D eigenvalue weighted by Crippen LogP contribution is 2.35. The van der Waals surface area contributed by atoms with Crippen molar-refractivity contribution in [2.75, 3.05) is 0 Å². The van der Waals surface area contributed by atoms with Gasteiger partial charge in [0.1, 0.15) is 0 Å². The van der Waals surface area contributed by atoms with Crippen LogP contribution in [0, 0.1) is 0 Å². The normalized spacial score (nSPS) is 11.8. The van der Waals surface area contributed by atoms with E-state index in [0.29, 0.717) is 0 Å². The third-order valence-electron chi connectivity index (χ3n) is 6.25. The Morgan fingerprint density at radius 1 is 0.469 bits per heavy atom. The lowest BCUT2D eigenvalue weighted by atomic mass is 9.98. The summed E-state index contributed by atoms with van der Waals surface area (Å²) >= 11 is 0. The second kappa shape index (κ2) is 6.56. The van der Waals surface area contributed by atoms with Gasteiger partial charge in [-0.15, -0.1) is 0 Å². The van der Waals surface area contributed by atoms with Gasteiger partial charge in [-0.3, -0.25) is 4.98 Å². The van der Waals surface area contributed by atoms with E-state index in [9.17, 15) is 0 Å². The summed E-state index contributed by atoms with van der Waals surface area (Å²) in [6.07, 6.45) is 1.82. The highest BCUT2D eigenvalue weighted by molar-refractivity contribution is 6.15. The first-order valence-electron chi connectivity index (χ1n) is 10.7. The standard InChI is InChI=1S/C29H17N3/c1-2-7-20-16-21(13-11-18(20)6-1)26-24-10-4-3-9-23(24)25-17-22-14-12-19-8-5-15-30-27(19)28(22)32-29(25)31-26/h1-17H. The highest BCUT2D eigenvalue weighted by Gasteiger charge is 2.13. The first kappa shape index (κ1) is 17.3. The van der Waals surface area contributed by atoms with Crippen LogP contribution in [0.5, 0.6) is 0 Å². The van der Waals surface area contributed by atoms with Gasteiger partial charge < -0.3 is 0 Å². The molecule has 0 saturated carbocycles. The molecule has 3 aromatic heterocycles. The van der Waals surface area contributed by atoms with Gasteiger partial charge in [-0.05, 0) is 34.4 Å². The smallest absolute Gasteiger partial charge is 0.161 e. The summed E-state index contributed by atoms with van der Waals surface area (Å²) in [6.45, 7) is 0. The molecule has 0 fully saturated rings. The van der Waals surface area contributed by atoms with Crippen LogP contribution in [0.1, 0.15) is 0 Å². The lowest BCUT2D eigenvalue weighted by Gasteiger charge is -2.12. The van der Waals surface area contributed by atoms with Crippen LogP contribution in [-0.4, -0.2) is 15.0 Å². The third kappa shape index (κ3) is 2.51. The number of hydrogen-bond donors (Lipinski definition) is 0. The Labute approximate surface area is 184 Å². The zero-order chi connectivity index (χ0) is 21.1. The summed E-state index contributed by atoms with van der Waals surface area (Å²) in [5.74, 6) is 0. The van der Waals surface area contributed by atoms with E-state index in [1.54, 1.807) is 0 Å². The molecule has 0 unspecified atom stereocenters. The van der Waals surface area contributed by atoms with Gasteiger partial charge in [0.2, 0.25) is 0 Å². The van der Waals surface area contributed by atoms with Gasteiger partial charge in [0, 0.05) is 33.3 Å². The molecule has 0 N–H and O–H groups in total. The maximum Gasteiger partial charge on any atom is 0.161 e. The number of rotatable bonds is 1. The van der Waals surface area contributed by atoms with Crippen molar-refractivity contribution < 1.29 is 0 Å². The van der Waals surface area contributed by atoms with Crippen molar-refractivity contribution in [1.82, 2.24) is 15.0 Å². The maximum absolute atomic E-state index is 5.10. The first-order chi connectivity index (χ1) is 15.8. The maximum atomic E-state index is 5.10. The Balaban J connectivity index is 1.61. The summed E-state index contributed by atoms with van der Waals surface area (Å²) in [5.41, 5.74) is 4.60. The average Bonchev–Trinajstić information content (AvgIpc) is 2.87. The Morgan fingerprint density at radius 2 is 1.22 bits per heavy atom. The molecule has 0 bridgehead atoms. The molecule has 0 spiro atoms. The molecule has 7 rings (SSSR count). The van der Waals surface area contributed by atoms with Gasteiger partial charge in [-0.25, -0.2) is 9.97 Å². The van der Waals surface area contributed by atoms with E-state index in [1.807, 2.05) is 12.3 Å². The topological polar surface area (TPSA) is 38.7 Å². The van der Waals surface area contributed by atoms with Gasteiger partial charge in [0.05, 0.1) is 16.7 Å². The van der Waals surface area contributed by atoms with E-state index in [2.05, 4.69) is 96.0 Å². The molecule has 3 heteroatoms. The average molecular weight is 407 g/mol. The minimum Gasteiger partial charge on any atom is -0.254 e. The van der Waals surface area contributed by atoms with E-state index < -0.39 is 0 Å². The highest BCUT2D eigenvalue weighted by atomic mass is 14.9. The van der Waals surface area contributed by atoms with Gasteiger partial charge in [-0.2, -0.15) is 0 Å². The molecule has 4 aromatic carbocycles. The van der Waals surface area contributed by atoms with Crippen molar-refractivity contribution in [3.8, 4) is 11.3 Å². The fraction of sp³-hybridized carbons (Fsp3) is 0. The van der Waals surface area contributed by atoms with Crippen LogP contribution in [0.3, 0.4) is 0 Å². The molecule has 0 aliphatic rings. The molecule has 32 heavy (non-hydrogen) atoms. The number of nitrogens with zero attached hydrogens (tertiary/aromatic N) is 3. The molecule has 0 aliphatic heterocycles. The van der Waals surface area contributed by atoms with Crippen LogP contribution in [0.25, 0.3) is 65.6 Å². The Morgan fingerprint density at radius 3 is 2.16 bits per heavy atom. The predicted octanol–water partition coefficient (Wildman–Crippen LogP) is 7.30. The van der Waals surface area contributed by atoms with Gasteiger partial charge >= 0.3 is 0 Å². The quantitative estimate of drug-likeness (QED) is 0.212. The van der Waals surface area contributed by atoms with Gasteiger partial charge in [0.15, 0.2) is 5.65 Å². The fourth-order valence-corrected chi connectivity index (χ4v) is 4.70. The number of benzene rings is 4. The summed E-state index contributed by atoms with van der Waals surface area (Å²) in [4.78, 5) is 14.7. The Kier molecular flexibility index (Phi) is 3.55. The second-order valence-corrected chi connectivity index (χ2v) is 8.14. The molecule has 0 aliphatic carbocycles. The molecular formula is C29H17N3. The molecule has 148 valence electrons. The summed E-state index contributed by atoms with van der Waals surface area (Å²) in [7, 11) is 0. The predicted molar refractivity (Wildman–Crippen MR) is 133 cm³/mol. The molecule has 7 aromatic rings. The number of fused-ring (bicyclic) bond motifs is 7. The molecule has 0 atom stereocenters. The van der Waals surface area contributed by atoms with Crippen LogP contribution >= 0.6 is 0 Å². The molecule has 0 amide bonds. The molecule has 0 radical (unpaired) electrons. The van der Waals surface area contributed by atoms with Crippen LogP contribution in [0.15, 0.2) is 103 Å². The van der Waals surface area contributed by atoms with E-state index in [0.717, 1.165) is 54.9 Å². The van der Waals surface area contributed by atoms with Crippen molar-refractivity contribution in [3.63, 3.8) is 0 Å². The van der Waals surface area contributed by atoms with Gasteiger partial charge in [-0.1, -0.05) is 78.9 Å². The van der Waals surface area contributed by atoms with Crippen LogP contribution in [-0.2, 0) is 0 Å². The van der Waals surface area contributed by atoms with E-state index in [-0.39, 0.29) is 0 Å². The van der Waals surface area contributed by atoms with Crippen molar-refractivity contribution in [2.24, 2.45) is 0 Å². The van der Waals surface area contributed by atoms with Crippen molar-refractivity contribution >= 4 is 54.4 Å². The Bertz CT molecular complexity index is 1840. The van der Waals surface area contributed by atoms with E-state index in [1.165, 1.54) is 10.8 Å². The SMILES string of the molecule is c1ccc2cc(-c3nc4nc5c(ccc6cccnc65)cc4c4ccccc34)ccc2c1. The monoisotopic (exact) mass is 407 g/mol. The summed E-state index contributed by atoms with van der Waals surface area (Å²) in [6, 6.07) is 33.9. The van der Waals surface area contributed by atoms with E-state index >= 15 is 0 Å². The van der Waals surface area contributed by atoms with E-state index in [4.69, 9.17) is 9.97 Å². The second-order valence-electron chi connectivity index (χ2n) is 8.14. The van der Waals surface area contributed by atoms with Crippen LogP contribution < -0.4 is 0 Å². The lowest BCUT2D eigenvalue weighted by Crippen LogP contribution is -1.94.